The van der Waals surface area contributed by atoms with Crippen molar-refractivity contribution in [1.82, 2.24) is 4.57 Å². The lowest BCUT2D eigenvalue weighted by Crippen LogP contribution is -2.07. The Hall–Kier alpha value is -1.88. The van der Waals surface area contributed by atoms with Gasteiger partial charge in [-0.05, 0) is 55.0 Å². The molecule has 0 amide bonds. The zero-order valence-electron chi connectivity index (χ0n) is 14.6. The van der Waals surface area contributed by atoms with Crippen LogP contribution >= 0.6 is 0 Å². The normalized spacial score (nSPS) is 14.8. The van der Waals surface area contributed by atoms with E-state index < -0.39 is 9.84 Å². The van der Waals surface area contributed by atoms with E-state index in [2.05, 4.69) is 6.92 Å². The maximum absolute atomic E-state index is 12.3. The first-order chi connectivity index (χ1) is 11.3. The highest BCUT2D eigenvalue weighted by Crippen LogP contribution is 2.35. The van der Waals surface area contributed by atoms with Crippen molar-refractivity contribution in [1.29, 1.82) is 0 Å². The van der Waals surface area contributed by atoms with Gasteiger partial charge in [-0.2, -0.15) is 0 Å². The second-order valence-electron chi connectivity index (χ2n) is 6.54. The molecule has 0 atom stereocenters. The van der Waals surface area contributed by atoms with Gasteiger partial charge < -0.3 is 4.57 Å². The maximum Gasteiger partial charge on any atom is 0.181 e. The Morgan fingerprint density at radius 1 is 1.21 bits per heavy atom. The molecule has 1 aromatic carbocycles. The largest absolute Gasteiger partial charge is 0.341 e. The summed E-state index contributed by atoms with van der Waals surface area (Å²) >= 11 is 0. The Labute approximate surface area is 143 Å². The third-order valence-electron chi connectivity index (χ3n) is 4.87. The second kappa shape index (κ2) is 5.88. The number of aromatic nitrogens is 1. The lowest BCUT2D eigenvalue weighted by Gasteiger charge is -2.10. The van der Waals surface area contributed by atoms with E-state index in [0.29, 0.717) is 4.90 Å². The van der Waals surface area contributed by atoms with E-state index in [1.165, 1.54) is 0 Å². The van der Waals surface area contributed by atoms with Crippen molar-refractivity contribution in [2.45, 2.75) is 50.2 Å². The molecule has 128 valence electrons. The summed E-state index contributed by atoms with van der Waals surface area (Å²) in [7, 11) is -1.27. The Morgan fingerprint density at radius 3 is 2.25 bits per heavy atom. The number of nitrogens with zero attached hydrogens (tertiary/aromatic N) is 1. The SMILES string of the molecule is CCc1c(C)c(C(C)=O)n(C)c1-c1ccc(S(=O)(=O)C2CC2)cc1. The van der Waals surface area contributed by atoms with Crippen LogP contribution in [-0.4, -0.2) is 24.0 Å². The number of sulfone groups is 1. The van der Waals surface area contributed by atoms with Gasteiger partial charge in [0.2, 0.25) is 0 Å². The average molecular weight is 345 g/mol. The summed E-state index contributed by atoms with van der Waals surface area (Å²) in [5, 5.41) is -0.198. The fourth-order valence-electron chi connectivity index (χ4n) is 3.56. The Kier molecular flexibility index (Phi) is 4.16. The van der Waals surface area contributed by atoms with Crippen molar-refractivity contribution in [3.05, 3.63) is 41.1 Å². The predicted molar refractivity (Wildman–Crippen MR) is 95.2 cm³/mol. The molecule has 0 spiro atoms. The fraction of sp³-hybridized carbons (Fsp3) is 0.421. The third-order valence-corrected chi connectivity index (χ3v) is 7.15. The molecule has 24 heavy (non-hydrogen) atoms. The van der Waals surface area contributed by atoms with Crippen LogP contribution in [0.4, 0.5) is 0 Å². The number of hydrogen-bond donors (Lipinski definition) is 0. The zero-order chi connectivity index (χ0) is 17.6. The van der Waals surface area contributed by atoms with Crippen molar-refractivity contribution in [2.24, 2.45) is 7.05 Å². The summed E-state index contributed by atoms with van der Waals surface area (Å²) in [5.41, 5.74) is 4.81. The first-order valence-corrected chi connectivity index (χ1v) is 9.87. The number of hydrogen-bond acceptors (Lipinski definition) is 3. The Bertz CT molecular complexity index is 901. The molecule has 0 radical (unpaired) electrons. The highest BCUT2D eigenvalue weighted by molar-refractivity contribution is 7.92. The van der Waals surface area contributed by atoms with Crippen molar-refractivity contribution < 1.29 is 13.2 Å². The first kappa shape index (κ1) is 17.0. The minimum Gasteiger partial charge on any atom is -0.341 e. The molecular formula is C19H23NO3S. The van der Waals surface area contributed by atoms with Gasteiger partial charge in [-0.25, -0.2) is 8.42 Å². The molecule has 1 fully saturated rings. The van der Waals surface area contributed by atoms with E-state index in [9.17, 15) is 13.2 Å². The van der Waals surface area contributed by atoms with Gasteiger partial charge in [-0.15, -0.1) is 0 Å². The van der Waals surface area contributed by atoms with Crippen LogP contribution in [0, 0.1) is 6.92 Å². The number of Topliss-reactive ketones (excluding diaryl/α,β-unsaturated/α-hetero) is 1. The maximum atomic E-state index is 12.3. The molecule has 0 aliphatic heterocycles. The molecular weight excluding hydrogens is 322 g/mol. The van der Waals surface area contributed by atoms with Crippen LogP contribution in [-0.2, 0) is 23.3 Å². The van der Waals surface area contributed by atoms with E-state index >= 15 is 0 Å². The Balaban J connectivity index is 2.10. The van der Waals surface area contributed by atoms with E-state index in [-0.39, 0.29) is 11.0 Å². The van der Waals surface area contributed by atoms with Gasteiger partial charge in [0.15, 0.2) is 15.6 Å². The van der Waals surface area contributed by atoms with Gasteiger partial charge in [-0.1, -0.05) is 19.1 Å². The van der Waals surface area contributed by atoms with Crippen molar-refractivity contribution in [3.8, 4) is 11.3 Å². The molecule has 0 N–H and O–H groups in total. The lowest BCUT2D eigenvalue weighted by atomic mass is 10.0. The number of carbonyl (C=O) groups excluding carboxylic acids is 1. The smallest absolute Gasteiger partial charge is 0.181 e. The van der Waals surface area contributed by atoms with Crippen LogP contribution in [0.2, 0.25) is 0 Å². The molecule has 4 nitrogen and oxygen atoms in total. The first-order valence-electron chi connectivity index (χ1n) is 8.32. The topological polar surface area (TPSA) is 56.1 Å². The van der Waals surface area contributed by atoms with Crippen LogP contribution in [0.5, 0.6) is 0 Å². The van der Waals surface area contributed by atoms with Crippen LogP contribution < -0.4 is 0 Å². The Morgan fingerprint density at radius 2 is 1.79 bits per heavy atom. The molecule has 1 aromatic heterocycles. The highest BCUT2D eigenvalue weighted by Gasteiger charge is 2.36. The van der Waals surface area contributed by atoms with Gasteiger partial charge in [0, 0.05) is 14.0 Å². The molecule has 1 heterocycles. The highest BCUT2D eigenvalue weighted by atomic mass is 32.2. The summed E-state index contributed by atoms with van der Waals surface area (Å²) in [6, 6.07) is 7.09. The molecule has 3 rings (SSSR count). The van der Waals surface area contributed by atoms with Crippen LogP contribution in [0.3, 0.4) is 0 Å². The lowest BCUT2D eigenvalue weighted by molar-refractivity contribution is 0.100. The van der Waals surface area contributed by atoms with Crippen LogP contribution in [0.15, 0.2) is 29.2 Å². The minimum atomic E-state index is -3.17. The predicted octanol–water partition coefficient (Wildman–Crippen LogP) is 3.70. The molecule has 0 unspecified atom stereocenters. The van der Waals surface area contributed by atoms with Gasteiger partial charge in [0.05, 0.1) is 21.5 Å². The average Bonchev–Trinajstić information content (AvgIpc) is 3.34. The van der Waals surface area contributed by atoms with Crippen molar-refractivity contribution in [2.75, 3.05) is 0 Å². The van der Waals surface area contributed by atoms with Crippen LogP contribution in [0.1, 0.15) is 48.3 Å². The summed E-state index contributed by atoms with van der Waals surface area (Å²) < 4.78 is 26.6. The summed E-state index contributed by atoms with van der Waals surface area (Å²) in [6.07, 6.45) is 2.36. The molecule has 0 saturated heterocycles. The van der Waals surface area contributed by atoms with E-state index in [4.69, 9.17) is 0 Å². The van der Waals surface area contributed by atoms with E-state index in [1.807, 2.05) is 30.7 Å². The molecule has 5 heteroatoms. The summed E-state index contributed by atoms with van der Waals surface area (Å²) in [6.45, 7) is 5.63. The molecule has 0 bridgehead atoms. The molecule has 1 aliphatic rings. The summed E-state index contributed by atoms with van der Waals surface area (Å²) in [4.78, 5) is 12.4. The summed E-state index contributed by atoms with van der Waals surface area (Å²) in [5.74, 6) is 0.0453. The van der Waals surface area contributed by atoms with E-state index in [0.717, 1.165) is 47.3 Å². The molecule has 1 aliphatic carbocycles. The quantitative estimate of drug-likeness (QED) is 0.776. The third kappa shape index (κ3) is 2.61. The van der Waals surface area contributed by atoms with Gasteiger partial charge in [0.1, 0.15) is 0 Å². The minimum absolute atomic E-state index is 0.0453. The van der Waals surface area contributed by atoms with Gasteiger partial charge in [0.25, 0.3) is 0 Å². The number of carbonyl (C=O) groups is 1. The number of rotatable bonds is 5. The van der Waals surface area contributed by atoms with Crippen molar-refractivity contribution in [3.63, 3.8) is 0 Å². The number of ketones is 1. The molecule has 2 aromatic rings. The van der Waals surface area contributed by atoms with Crippen molar-refractivity contribution >= 4 is 15.6 Å². The number of benzene rings is 1. The fourth-order valence-corrected chi connectivity index (χ4v) is 5.22. The van der Waals surface area contributed by atoms with Gasteiger partial charge >= 0.3 is 0 Å². The molecule has 1 saturated carbocycles. The zero-order valence-corrected chi connectivity index (χ0v) is 15.4. The van der Waals surface area contributed by atoms with Crippen LogP contribution in [0.25, 0.3) is 11.3 Å². The standard InChI is InChI=1S/C19H23NO3S/c1-5-17-12(2)18(13(3)21)20(4)19(17)14-6-8-15(9-7-14)24(22,23)16-10-11-16/h6-9,16H,5,10-11H2,1-4H3. The van der Waals surface area contributed by atoms with Gasteiger partial charge in [-0.3, -0.25) is 4.79 Å². The monoisotopic (exact) mass is 345 g/mol. The second-order valence-corrected chi connectivity index (χ2v) is 8.77. The van der Waals surface area contributed by atoms with E-state index in [1.54, 1.807) is 19.1 Å².